The fraction of sp³-hybridized carbons (Fsp3) is 0.500. The summed E-state index contributed by atoms with van der Waals surface area (Å²) in [6.45, 7) is 4.00. The van der Waals surface area contributed by atoms with Gasteiger partial charge in [0.05, 0.1) is 0 Å². The van der Waals surface area contributed by atoms with E-state index in [-0.39, 0.29) is 5.83 Å². The van der Waals surface area contributed by atoms with Crippen molar-refractivity contribution in [1.29, 1.82) is 0 Å². The van der Waals surface area contributed by atoms with Gasteiger partial charge in [-0.05, 0) is 25.0 Å². The number of halogens is 1. The van der Waals surface area contributed by atoms with Crippen molar-refractivity contribution < 1.29 is 4.39 Å². The van der Waals surface area contributed by atoms with Crippen molar-refractivity contribution in [3.05, 3.63) is 24.1 Å². The maximum Gasteiger partial charge on any atom is 0.118 e. The summed E-state index contributed by atoms with van der Waals surface area (Å²) in [6, 6.07) is 0. The third-order valence-corrected chi connectivity index (χ3v) is 0.950. The first kappa shape index (κ1) is 8.41. The molecule has 0 radical (unpaired) electrons. The molecule has 1 aliphatic rings. The zero-order valence-corrected chi connectivity index (χ0v) is 6.02. The van der Waals surface area contributed by atoms with Crippen molar-refractivity contribution in [2.45, 2.75) is 26.7 Å². The Labute approximate surface area is 56.1 Å². The minimum atomic E-state index is -0.0914. The van der Waals surface area contributed by atoms with Crippen LogP contribution in [0, 0.1) is 0 Å². The van der Waals surface area contributed by atoms with Gasteiger partial charge in [-0.1, -0.05) is 19.9 Å². The molecule has 0 spiro atoms. The molecular formula is C8H13F. The quantitative estimate of drug-likeness (QED) is 0.470. The average molecular weight is 128 g/mol. The molecule has 9 heavy (non-hydrogen) atoms. The lowest BCUT2D eigenvalue weighted by atomic mass is 10.2. The van der Waals surface area contributed by atoms with Gasteiger partial charge in [-0.2, -0.15) is 0 Å². The van der Waals surface area contributed by atoms with Crippen molar-refractivity contribution in [3.63, 3.8) is 0 Å². The van der Waals surface area contributed by atoms with Gasteiger partial charge < -0.3 is 0 Å². The van der Waals surface area contributed by atoms with Gasteiger partial charge in [0.15, 0.2) is 0 Å². The third kappa shape index (κ3) is 3.95. The Morgan fingerprint density at radius 3 is 2.22 bits per heavy atom. The van der Waals surface area contributed by atoms with Gasteiger partial charge in [0.1, 0.15) is 5.83 Å². The molecule has 0 unspecified atom stereocenters. The van der Waals surface area contributed by atoms with Crippen LogP contribution in [0.15, 0.2) is 24.1 Å². The van der Waals surface area contributed by atoms with Gasteiger partial charge in [-0.3, -0.25) is 0 Å². The van der Waals surface area contributed by atoms with E-state index in [1.165, 1.54) is 6.08 Å². The monoisotopic (exact) mass is 128 g/mol. The average Bonchev–Trinajstić information content (AvgIpc) is 1.94. The molecule has 0 saturated carbocycles. The van der Waals surface area contributed by atoms with Crippen LogP contribution in [-0.2, 0) is 0 Å². The van der Waals surface area contributed by atoms with Crippen LogP contribution in [0.5, 0.6) is 0 Å². The lowest BCUT2D eigenvalue weighted by molar-refractivity contribution is 0.652. The van der Waals surface area contributed by atoms with Gasteiger partial charge in [0.2, 0.25) is 0 Å². The summed E-state index contributed by atoms with van der Waals surface area (Å²) in [7, 11) is 0. The van der Waals surface area contributed by atoms with E-state index in [2.05, 4.69) is 0 Å². The van der Waals surface area contributed by atoms with E-state index in [4.69, 9.17) is 0 Å². The first-order chi connectivity index (χ1) is 4.39. The molecular weight excluding hydrogens is 115 g/mol. The molecule has 0 heterocycles. The molecule has 0 atom stereocenters. The predicted octanol–water partition coefficient (Wildman–Crippen LogP) is 3.22. The van der Waals surface area contributed by atoms with Crippen LogP contribution < -0.4 is 0 Å². The molecule has 1 aliphatic carbocycles. The summed E-state index contributed by atoms with van der Waals surface area (Å²) in [5, 5.41) is 0. The third-order valence-electron chi connectivity index (χ3n) is 0.950. The molecule has 0 aromatic heterocycles. The van der Waals surface area contributed by atoms with Crippen LogP contribution >= 0.6 is 0 Å². The van der Waals surface area contributed by atoms with Crippen molar-refractivity contribution in [1.82, 2.24) is 0 Å². The second kappa shape index (κ2) is 5.54. The summed E-state index contributed by atoms with van der Waals surface area (Å²) in [4.78, 5) is 0. The molecule has 0 aliphatic heterocycles. The van der Waals surface area contributed by atoms with E-state index >= 15 is 0 Å². The summed E-state index contributed by atoms with van der Waals surface area (Å²) in [5.41, 5.74) is 0. The summed E-state index contributed by atoms with van der Waals surface area (Å²) >= 11 is 0. The highest BCUT2D eigenvalue weighted by Crippen LogP contribution is 2.08. The Bertz CT molecular complexity index is 112. The molecule has 1 heteroatoms. The normalized spacial score (nSPS) is 15.7. The molecule has 0 fully saturated rings. The number of allylic oxidation sites excluding steroid dienone is 4. The molecule has 0 nitrogen and oxygen atoms in total. The first-order valence-electron chi connectivity index (χ1n) is 3.42. The van der Waals surface area contributed by atoms with Gasteiger partial charge in [0, 0.05) is 0 Å². The Kier molecular flexibility index (Phi) is 5.18. The highest BCUT2D eigenvalue weighted by Gasteiger charge is 1.90. The lowest BCUT2D eigenvalue weighted by Crippen LogP contribution is -1.74. The van der Waals surface area contributed by atoms with Crippen LogP contribution in [0.2, 0.25) is 0 Å². The molecule has 1 rings (SSSR count). The van der Waals surface area contributed by atoms with Crippen LogP contribution in [0.3, 0.4) is 0 Å². The second-order valence-electron chi connectivity index (χ2n) is 1.57. The molecule has 0 bridgehead atoms. The Hall–Kier alpha value is -0.590. The zero-order valence-electron chi connectivity index (χ0n) is 6.02. The zero-order chi connectivity index (χ0) is 7.11. The SMILES string of the molecule is CC.FC1=CCCC=C1. The largest absolute Gasteiger partial charge is 0.207 e. The Morgan fingerprint density at radius 2 is 2.00 bits per heavy atom. The van der Waals surface area contributed by atoms with E-state index in [1.54, 1.807) is 6.08 Å². The fourth-order valence-electron chi connectivity index (χ4n) is 0.581. The van der Waals surface area contributed by atoms with Crippen LogP contribution in [0.1, 0.15) is 26.7 Å². The minimum Gasteiger partial charge on any atom is -0.207 e. The summed E-state index contributed by atoms with van der Waals surface area (Å²) in [6.07, 6.45) is 6.80. The lowest BCUT2D eigenvalue weighted by Gasteiger charge is -1.93. The number of rotatable bonds is 0. The van der Waals surface area contributed by atoms with Crippen molar-refractivity contribution >= 4 is 0 Å². The Balaban J connectivity index is 0.000000291. The van der Waals surface area contributed by atoms with Crippen molar-refractivity contribution in [2.24, 2.45) is 0 Å². The summed E-state index contributed by atoms with van der Waals surface area (Å²) in [5.74, 6) is -0.0914. The maximum atomic E-state index is 12.0. The fourth-order valence-corrected chi connectivity index (χ4v) is 0.581. The van der Waals surface area contributed by atoms with E-state index in [9.17, 15) is 4.39 Å². The predicted molar refractivity (Wildman–Crippen MR) is 38.9 cm³/mol. The van der Waals surface area contributed by atoms with E-state index in [1.807, 2.05) is 19.9 Å². The van der Waals surface area contributed by atoms with Crippen LogP contribution in [-0.4, -0.2) is 0 Å². The van der Waals surface area contributed by atoms with Crippen molar-refractivity contribution in [3.8, 4) is 0 Å². The van der Waals surface area contributed by atoms with Gasteiger partial charge >= 0.3 is 0 Å². The number of hydrogen-bond donors (Lipinski definition) is 0. The summed E-state index contributed by atoms with van der Waals surface area (Å²) < 4.78 is 12.0. The van der Waals surface area contributed by atoms with Gasteiger partial charge in [-0.15, -0.1) is 0 Å². The molecule has 0 N–H and O–H groups in total. The highest BCUT2D eigenvalue weighted by atomic mass is 19.1. The van der Waals surface area contributed by atoms with Crippen molar-refractivity contribution in [2.75, 3.05) is 0 Å². The van der Waals surface area contributed by atoms with Gasteiger partial charge in [-0.25, -0.2) is 4.39 Å². The Morgan fingerprint density at radius 1 is 1.33 bits per heavy atom. The van der Waals surface area contributed by atoms with Crippen LogP contribution in [0.4, 0.5) is 4.39 Å². The second-order valence-corrected chi connectivity index (χ2v) is 1.57. The standard InChI is InChI=1S/C6H7F.C2H6/c7-6-4-2-1-3-5-6;1-2/h2,4-5H,1,3H2;1-2H3. The highest BCUT2D eigenvalue weighted by molar-refractivity contribution is 5.14. The topological polar surface area (TPSA) is 0 Å². The maximum absolute atomic E-state index is 12.0. The molecule has 0 aromatic carbocycles. The van der Waals surface area contributed by atoms with E-state index < -0.39 is 0 Å². The van der Waals surface area contributed by atoms with Crippen LogP contribution in [0.25, 0.3) is 0 Å². The van der Waals surface area contributed by atoms with E-state index in [0.29, 0.717) is 0 Å². The number of hydrogen-bond acceptors (Lipinski definition) is 0. The molecule has 52 valence electrons. The smallest absolute Gasteiger partial charge is 0.118 e. The molecule has 0 amide bonds. The van der Waals surface area contributed by atoms with E-state index in [0.717, 1.165) is 12.8 Å². The molecule has 0 aromatic rings. The first-order valence-corrected chi connectivity index (χ1v) is 3.42. The van der Waals surface area contributed by atoms with Gasteiger partial charge in [0.25, 0.3) is 0 Å². The molecule has 0 saturated heterocycles. The minimum absolute atomic E-state index is 0.0914.